The summed E-state index contributed by atoms with van der Waals surface area (Å²) in [7, 11) is 3.06. The third-order valence-electron chi connectivity index (χ3n) is 3.98. The minimum atomic E-state index is -0.197. The number of rotatable bonds is 7. The van der Waals surface area contributed by atoms with Gasteiger partial charge < -0.3 is 19.8 Å². The van der Waals surface area contributed by atoms with Crippen molar-refractivity contribution in [1.29, 1.82) is 0 Å². The Balaban J connectivity index is 1.56. The molecule has 3 rings (SSSR count). The molecule has 0 radical (unpaired) electrons. The second-order valence-electron chi connectivity index (χ2n) is 5.81. The van der Waals surface area contributed by atoms with E-state index in [1.807, 2.05) is 24.3 Å². The van der Waals surface area contributed by atoms with E-state index in [2.05, 4.69) is 15.3 Å². The molecule has 2 aromatic carbocycles. The summed E-state index contributed by atoms with van der Waals surface area (Å²) in [5.74, 6) is 1.62. The maximum absolute atomic E-state index is 12.0. The van der Waals surface area contributed by atoms with Gasteiger partial charge in [0.15, 0.2) is 11.5 Å². The number of benzene rings is 2. The number of fused-ring (bicyclic) bond motifs is 1. The quantitative estimate of drug-likeness (QED) is 0.609. The number of methoxy groups -OCH3 is 2. The molecule has 0 saturated carbocycles. The monoisotopic (exact) mass is 385 g/mol. The topological polar surface area (TPSA) is 76.2 Å². The number of hydrogen-bond donors (Lipinski definition) is 2. The summed E-state index contributed by atoms with van der Waals surface area (Å²) in [6.45, 7) is 0.482. The molecule has 0 spiro atoms. The summed E-state index contributed by atoms with van der Waals surface area (Å²) in [6, 6.07) is 11.3. The molecule has 6 nitrogen and oxygen atoms in total. The van der Waals surface area contributed by atoms with Gasteiger partial charge in [-0.25, -0.2) is 4.98 Å². The number of para-hydroxylation sites is 2. The fourth-order valence-electron chi connectivity index (χ4n) is 2.69. The Bertz CT molecular complexity index is 949. The molecule has 7 heteroatoms. The molecule has 0 aliphatic carbocycles. The molecule has 1 aromatic heterocycles. The van der Waals surface area contributed by atoms with E-state index in [9.17, 15) is 4.79 Å². The minimum Gasteiger partial charge on any atom is -0.493 e. The second kappa shape index (κ2) is 8.60. The Morgan fingerprint density at radius 1 is 1.26 bits per heavy atom. The number of aromatic nitrogens is 2. The molecule has 1 heterocycles. The standard InChI is InChI=1S/C20H20ClN3O3/c1-26-17-12-13(11-14(21)20(17)27-2)7-8-19(25)22-10-9-18-23-15-5-3-4-6-16(15)24-18/h3-8,11-12H,9-10H2,1-2H3,(H,22,25)(H,23,24)/b8-7+. The highest BCUT2D eigenvalue weighted by molar-refractivity contribution is 6.32. The highest BCUT2D eigenvalue weighted by atomic mass is 35.5. The number of nitrogens with zero attached hydrogens (tertiary/aromatic N) is 1. The van der Waals surface area contributed by atoms with Crippen molar-refractivity contribution in [2.45, 2.75) is 6.42 Å². The highest BCUT2D eigenvalue weighted by Crippen LogP contribution is 2.36. The van der Waals surface area contributed by atoms with Gasteiger partial charge in [-0.2, -0.15) is 0 Å². The number of carbonyl (C=O) groups excluding carboxylic acids is 1. The predicted octanol–water partition coefficient (Wildman–Crippen LogP) is 3.61. The van der Waals surface area contributed by atoms with E-state index in [0.29, 0.717) is 29.5 Å². The molecule has 3 aromatic rings. The number of imidazole rings is 1. The summed E-state index contributed by atoms with van der Waals surface area (Å²) >= 11 is 6.16. The van der Waals surface area contributed by atoms with Crippen molar-refractivity contribution in [3.8, 4) is 11.5 Å². The van der Waals surface area contributed by atoms with Gasteiger partial charge in [0.2, 0.25) is 5.91 Å². The number of ether oxygens (including phenoxy) is 2. The Labute approximate surface area is 162 Å². The van der Waals surface area contributed by atoms with Crippen molar-refractivity contribution >= 4 is 34.6 Å². The number of carbonyl (C=O) groups is 1. The summed E-state index contributed by atoms with van der Waals surface area (Å²) in [4.78, 5) is 19.7. The van der Waals surface area contributed by atoms with E-state index >= 15 is 0 Å². The van der Waals surface area contributed by atoms with E-state index in [-0.39, 0.29) is 5.91 Å². The molecule has 2 N–H and O–H groups in total. The van der Waals surface area contributed by atoms with Crippen LogP contribution in [0.2, 0.25) is 5.02 Å². The Kier molecular flexibility index (Phi) is 5.98. The average Bonchev–Trinajstić information content (AvgIpc) is 3.08. The highest BCUT2D eigenvalue weighted by Gasteiger charge is 2.10. The summed E-state index contributed by atoms with van der Waals surface area (Å²) in [5.41, 5.74) is 2.65. The van der Waals surface area contributed by atoms with E-state index in [1.165, 1.54) is 20.3 Å². The molecule has 0 bridgehead atoms. The first-order chi connectivity index (χ1) is 13.1. The zero-order valence-corrected chi connectivity index (χ0v) is 15.8. The van der Waals surface area contributed by atoms with Crippen molar-refractivity contribution in [2.24, 2.45) is 0 Å². The third kappa shape index (κ3) is 4.60. The van der Waals surface area contributed by atoms with E-state index in [0.717, 1.165) is 22.4 Å². The van der Waals surface area contributed by atoms with Crippen molar-refractivity contribution in [3.05, 3.63) is 58.9 Å². The van der Waals surface area contributed by atoms with Crippen LogP contribution in [-0.2, 0) is 11.2 Å². The first-order valence-corrected chi connectivity index (χ1v) is 8.79. The van der Waals surface area contributed by atoms with Crippen molar-refractivity contribution in [3.63, 3.8) is 0 Å². The lowest BCUT2D eigenvalue weighted by Crippen LogP contribution is -2.23. The van der Waals surface area contributed by atoms with Crippen LogP contribution in [0.4, 0.5) is 0 Å². The first kappa shape index (κ1) is 18.8. The van der Waals surface area contributed by atoms with Crippen LogP contribution >= 0.6 is 11.6 Å². The van der Waals surface area contributed by atoms with Crippen molar-refractivity contribution < 1.29 is 14.3 Å². The van der Waals surface area contributed by atoms with Crippen LogP contribution < -0.4 is 14.8 Å². The van der Waals surface area contributed by atoms with E-state index in [1.54, 1.807) is 18.2 Å². The van der Waals surface area contributed by atoms with Crippen LogP contribution in [-0.4, -0.2) is 36.6 Å². The summed E-state index contributed by atoms with van der Waals surface area (Å²) in [6.07, 6.45) is 3.75. The molecule has 0 aliphatic rings. The summed E-state index contributed by atoms with van der Waals surface area (Å²) in [5, 5.41) is 3.26. The zero-order valence-electron chi connectivity index (χ0n) is 15.1. The summed E-state index contributed by atoms with van der Waals surface area (Å²) < 4.78 is 10.4. The number of aromatic amines is 1. The van der Waals surface area contributed by atoms with Gasteiger partial charge in [0.05, 0.1) is 30.3 Å². The molecule has 140 valence electrons. The van der Waals surface area contributed by atoms with Crippen LogP contribution in [0.3, 0.4) is 0 Å². The largest absolute Gasteiger partial charge is 0.493 e. The van der Waals surface area contributed by atoms with Gasteiger partial charge in [-0.15, -0.1) is 0 Å². The lowest BCUT2D eigenvalue weighted by Gasteiger charge is -2.10. The van der Waals surface area contributed by atoms with Gasteiger partial charge in [0.1, 0.15) is 5.82 Å². The van der Waals surface area contributed by atoms with Crippen LogP contribution in [0.1, 0.15) is 11.4 Å². The fraction of sp³-hybridized carbons (Fsp3) is 0.200. The normalized spacial score (nSPS) is 11.1. The van der Waals surface area contributed by atoms with E-state index < -0.39 is 0 Å². The molecule has 0 atom stereocenters. The lowest BCUT2D eigenvalue weighted by atomic mass is 10.2. The molecule has 1 amide bonds. The predicted molar refractivity (Wildman–Crippen MR) is 106 cm³/mol. The lowest BCUT2D eigenvalue weighted by molar-refractivity contribution is -0.116. The second-order valence-corrected chi connectivity index (χ2v) is 6.22. The Morgan fingerprint density at radius 2 is 2.07 bits per heavy atom. The first-order valence-electron chi connectivity index (χ1n) is 8.41. The minimum absolute atomic E-state index is 0.197. The number of nitrogens with one attached hydrogen (secondary N) is 2. The van der Waals surface area contributed by atoms with Crippen LogP contribution in [0, 0.1) is 0 Å². The average molecular weight is 386 g/mol. The van der Waals surface area contributed by atoms with Gasteiger partial charge in [0.25, 0.3) is 0 Å². The van der Waals surface area contributed by atoms with Gasteiger partial charge in [0, 0.05) is 19.0 Å². The molecule has 0 aliphatic heterocycles. The molecule has 0 unspecified atom stereocenters. The fourth-order valence-corrected chi connectivity index (χ4v) is 2.99. The number of halogens is 1. The number of hydrogen-bond acceptors (Lipinski definition) is 4. The Morgan fingerprint density at radius 3 is 2.81 bits per heavy atom. The van der Waals surface area contributed by atoms with Crippen LogP contribution in [0.5, 0.6) is 11.5 Å². The SMILES string of the molecule is COc1cc(/C=C/C(=O)NCCc2nc3ccccc3[nH]2)cc(Cl)c1OC. The van der Waals surface area contributed by atoms with Gasteiger partial charge >= 0.3 is 0 Å². The molecule has 0 saturated heterocycles. The van der Waals surface area contributed by atoms with Gasteiger partial charge in [-0.1, -0.05) is 23.7 Å². The van der Waals surface area contributed by atoms with Crippen molar-refractivity contribution in [1.82, 2.24) is 15.3 Å². The van der Waals surface area contributed by atoms with Gasteiger partial charge in [-0.05, 0) is 35.9 Å². The van der Waals surface area contributed by atoms with Crippen LogP contribution in [0.25, 0.3) is 17.1 Å². The van der Waals surface area contributed by atoms with Crippen molar-refractivity contribution in [2.75, 3.05) is 20.8 Å². The van der Waals surface area contributed by atoms with Crippen LogP contribution in [0.15, 0.2) is 42.5 Å². The number of amides is 1. The maximum Gasteiger partial charge on any atom is 0.244 e. The smallest absolute Gasteiger partial charge is 0.244 e. The maximum atomic E-state index is 12.0. The molecule has 27 heavy (non-hydrogen) atoms. The number of H-pyrrole nitrogens is 1. The van der Waals surface area contributed by atoms with E-state index in [4.69, 9.17) is 21.1 Å². The zero-order chi connectivity index (χ0) is 19.2. The molecular weight excluding hydrogens is 366 g/mol. The Hall–Kier alpha value is -2.99. The van der Waals surface area contributed by atoms with Gasteiger partial charge in [-0.3, -0.25) is 4.79 Å². The molecular formula is C20H20ClN3O3. The third-order valence-corrected chi connectivity index (χ3v) is 4.26. The molecule has 0 fully saturated rings.